The number of amides is 1. The second-order valence-corrected chi connectivity index (χ2v) is 8.88. The van der Waals surface area contributed by atoms with Crippen LogP contribution in [0.25, 0.3) is 10.6 Å². The Labute approximate surface area is 170 Å². The van der Waals surface area contributed by atoms with Crippen molar-refractivity contribution < 1.29 is 4.79 Å². The van der Waals surface area contributed by atoms with Gasteiger partial charge in [0.2, 0.25) is 11.9 Å². The van der Waals surface area contributed by atoms with Crippen molar-refractivity contribution in [3.05, 3.63) is 16.8 Å². The molecule has 1 aliphatic carbocycles. The van der Waals surface area contributed by atoms with Gasteiger partial charge in [-0.15, -0.1) is 11.3 Å². The van der Waals surface area contributed by atoms with Crippen LogP contribution < -0.4 is 15.5 Å². The fraction of sp³-hybridized carbons (Fsp3) is 0.600. The Hall–Kier alpha value is -2.06. The number of hydrogen-bond acceptors (Lipinski definition) is 7. The number of nitrogens with one attached hydrogen (secondary N) is 2. The molecule has 2 aliphatic rings. The average Bonchev–Trinajstić information content (AvgIpc) is 3.15. The summed E-state index contributed by atoms with van der Waals surface area (Å²) < 4.78 is 0. The zero-order valence-corrected chi connectivity index (χ0v) is 17.6. The van der Waals surface area contributed by atoms with Crippen molar-refractivity contribution >= 4 is 29.0 Å². The molecule has 0 spiro atoms. The lowest BCUT2D eigenvalue weighted by Crippen LogP contribution is -2.42. The fourth-order valence-corrected chi connectivity index (χ4v) is 4.86. The normalized spacial score (nSPS) is 18.7. The summed E-state index contributed by atoms with van der Waals surface area (Å²) in [4.78, 5) is 29.4. The molecule has 0 saturated carbocycles. The van der Waals surface area contributed by atoms with E-state index in [9.17, 15) is 4.79 Å². The van der Waals surface area contributed by atoms with E-state index in [0.717, 1.165) is 66.7 Å². The molecule has 4 rings (SSSR count). The number of carbonyl (C=O) groups is 1. The van der Waals surface area contributed by atoms with E-state index >= 15 is 0 Å². The molecule has 0 aromatic carbocycles. The number of hydrogen-bond donors (Lipinski definition) is 2. The summed E-state index contributed by atoms with van der Waals surface area (Å²) in [5.41, 5.74) is 4.97. The molecule has 28 heavy (non-hydrogen) atoms. The first kappa shape index (κ1) is 19.3. The summed E-state index contributed by atoms with van der Waals surface area (Å²) >= 11 is 1.62. The average molecular weight is 401 g/mol. The van der Waals surface area contributed by atoms with Crippen LogP contribution in [0.15, 0.2) is 5.51 Å². The minimum atomic E-state index is -0.0976. The fourth-order valence-electron chi connectivity index (χ4n) is 4.01. The number of piperidine rings is 1. The number of carbonyl (C=O) groups excluding carboxylic acids is 1. The lowest BCUT2D eigenvalue weighted by atomic mass is 9.97. The van der Waals surface area contributed by atoms with Gasteiger partial charge in [0.25, 0.3) is 0 Å². The molecular weight excluding hydrogens is 372 g/mol. The van der Waals surface area contributed by atoms with Crippen LogP contribution in [0.1, 0.15) is 44.9 Å². The Morgan fingerprint density at radius 2 is 2.21 bits per heavy atom. The highest BCUT2D eigenvalue weighted by molar-refractivity contribution is 7.13. The standard InChI is InChI=1S/C20H28N6OS/c1-12(2)21-9-14-5-4-8-26(10-14)20-24-17-15(19(25-20)23-13(3)27)6-7-16-18(17)28-11-22-16/h11-12,14,21H,4-10H2,1-3H3,(H,23,24,25,27). The van der Waals surface area contributed by atoms with Crippen LogP contribution in [-0.4, -0.2) is 46.5 Å². The summed E-state index contributed by atoms with van der Waals surface area (Å²) in [5.74, 6) is 1.87. The molecule has 150 valence electrons. The van der Waals surface area contributed by atoms with Gasteiger partial charge in [-0.2, -0.15) is 4.98 Å². The van der Waals surface area contributed by atoms with E-state index in [2.05, 4.69) is 34.4 Å². The monoisotopic (exact) mass is 400 g/mol. The molecule has 2 N–H and O–H groups in total. The van der Waals surface area contributed by atoms with Crippen LogP contribution in [0.4, 0.5) is 11.8 Å². The summed E-state index contributed by atoms with van der Waals surface area (Å²) in [6.45, 7) is 8.79. The first-order valence-electron chi connectivity index (χ1n) is 10.1. The SMILES string of the molecule is CC(=O)Nc1nc(N2CCCC(CNC(C)C)C2)nc2c1CCc1ncsc1-2. The molecular formula is C20H28N6OS. The van der Waals surface area contributed by atoms with E-state index < -0.39 is 0 Å². The maximum absolute atomic E-state index is 11.8. The third-order valence-corrected chi connectivity index (χ3v) is 6.25. The highest BCUT2D eigenvalue weighted by Crippen LogP contribution is 2.38. The number of rotatable bonds is 5. The van der Waals surface area contributed by atoms with Crippen molar-refractivity contribution in [3.8, 4) is 10.6 Å². The molecule has 1 aliphatic heterocycles. The largest absolute Gasteiger partial charge is 0.340 e. The Morgan fingerprint density at radius 1 is 1.36 bits per heavy atom. The molecule has 7 nitrogen and oxygen atoms in total. The van der Waals surface area contributed by atoms with Crippen LogP contribution >= 0.6 is 11.3 Å². The third kappa shape index (κ3) is 4.03. The van der Waals surface area contributed by atoms with Crippen LogP contribution in [0.5, 0.6) is 0 Å². The minimum Gasteiger partial charge on any atom is -0.340 e. The van der Waals surface area contributed by atoms with Crippen molar-refractivity contribution in [3.63, 3.8) is 0 Å². The van der Waals surface area contributed by atoms with Gasteiger partial charge in [0, 0.05) is 31.6 Å². The number of fused-ring (bicyclic) bond motifs is 3. The van der Waals surface area contributed by atoms with Gasteiger partial charge in [-0.25, -0.2) is 9.97 Å². The van der Waals surface area contributed by atoms with E-state index in [1.54, 1.807) is 11.3 Å². The van der Waals surface area contributed by atoms with Crippen molar-refractivity contribution in [2.24, 2.45) is 5.92 Å². The Kier molecular flexibility index (Phi) is 5.59. The van der Waals surface area contributed by atoms with Crippen LogP contribution in [0.2, 0.25) is 0 Å². The predicted octanol–water partition coefficient (Wildman–Crippen LogP) is 2.87. The molecule has 8 heteroatoms. The molecule has 1 fully saturated rings. The summed E-state index contributed by atoms with van der Waals surface area (Å²) in [5, 5.41) is 6.49. The minimum absolute atomic E-state index is 0.0976. The summed E-state index contributed by atoms with van der Waals surface area (Å²) in [6, 6.07) is 0.492. The van der Waals surface area contributed by atoms with E-state index in [1.807, 2.05) is 5.51 Å². The highest BCUT2D eigenvalue weighted by atomic mass is 32.1. The lowest BCUT2D eigenvalue weighted by Gasteiger charge is -2.34. The number of anilines is 2. The van der Waals surface area contributed by atoms with Gasteiger partial charge in [-0.05, 0) is 38.1 Å². The van der Waals surface area contributed by atoms with Crippen molar-refractivity contribution in [2.75, 3.05) is 29.9 Å². The first-order chi connectivity index (χ1) is 13.5. The molecule has 1 unspecified atom stereocenters. The Bertz CT molecular complexity index is 864. The van der Waals surface area contributed by atoms with Gasteiger partial charge in [0.15, 0.2) is 0 Å². The van der Waals surface area contributed by atoms with Gasteiger partial charge in [0.1, 0.15) is 5.82 Å². The molecule has 2 aromatic rings. The van der Waals surface area contributed by atoms with Gasteiger partial charge in [-0.3, -0.25) is 4.79 Å². The van der Waals surface area contributed by atoms with Crippen molar-refractivity contribution in [1.29, 1.82) is 0 Å². The Balaban J connectivity index is 1.66. The zero-order valence-electron chi connectivity index (χ0n) is 16.8. The molecule has 1 atom stereocenters. The second-order valence-electron chi connectivity index (χ2n) is 8.03. The third-order valence-electron chi connectivity index (χ3n) is 5.37. The number of aryl methyl sites for hydroxylation is 1. The molecule has 0 radical (unpaired) electrons. The molecule has 0 bridgehead atoms. The highest BCUT2D eigenvalue weighted by Gasteiger charge is 2.28. The van der Waals surface area contributed by atoms with E-state index in [-0.39, 0.29) is 5.91 Å². The van der Waals surface area contributed by atoms with Crippen molar-refractivity contribution in [2.45, 2.75) is 52.5 Å². The van der Waals surface area contributed by atoms with Gasteiger partial charge < -0.3 is 15.5 Å². The van der Waals surface area contributed by atoms with E-state index in [0.29, 0.717) is 17.8 Å². The van der Waals surface area contributed by atoms with Crippen LogP contribution in [0, 0.1) is 5.92 Å². The van der Waals surface area contributed by atoms with Gasteiger partial charge in [0.05, 0.1) is 21.8 Å². The second kappa shape index (κ2) is 8.13. The van der Waals surface area contributed by atoms with Crippen molar-refractivity contribution in [1.82, 2.24) is 20.3 Å². The molecule has 3 heterocycles. The smallest absolute Gasteiger partial charge is 0.227 e. The Morgan fingerprint density at radius 3 is 3.00 bits per heavy atom. The number of thiazole rings is 1. The quantitative estimate of drug-likeness (QED) is 0.803. The molecule has 1 amide bonds. The lowest BCUT2D eigenvalue weighted by molar-refractivity contribution is -0.114. The summed E-state index contributed by atoms with van der Waals surface area (Å²) in [6.07, 6.45) is 4.03. The maximum atomic E-state index is 11.8. The number of nitrogens with zero attached hydrogens (tertiary/aromatic N) is 4. The van der Waals surface area contributed by atoms with Gasteiger partial charge >= 0.3 is 0 Å². The topological polar surface area (TPSA) is 83.0 Å². The molecule has 2 aromatic heterocycles. The predicted molar refractivity (Wildman–Crippen MR) is 113 cm³/mol. The van der Waals surface area contributed by atoms with Crippen LogP contribution in [-0.2, 0) is 17.6 Å². The van der Waals surface area contributed by atoms with E-state index in [4.69, 9.17) is 9.97 Å². The first-order valence-corrected chi connectivity index (χ1v) is 11.0. The summed E-state index contributed by atoms with van der Waals surface area (Å²) in [7, 11) is 0. The molecule has 1 saturated heterocycles. The van der Waals surface area contributed by atoms with Crippen LogP contribution in [0.3, 0.4) is 0 Å². The maximum Gasteiger partial charge on any atom is 0.227 e. The van der Waals surface area contributed by atoms with E-state index in [1.165, 1.54) is 13.3 Å². The van der Waals surface area contributed by atoms with Gasteiger partial charge in [-0.1, -0.05) is 13.8 Å². The zero-order chi connectivity index (χ0) is 19.7. The number of aromatic nitrogens is 3.